The van der Waals surface area contributed by atoms with Crippen molar-refractivity contribution in [1.29, 1.82) is 0 Å². The van der Waals surface area contributed by atoms with Crippen molar-refractivity contribution in [2.24, 2.45) is 17.8 Å². The third-order valence-corrected chi connectivity index (χ3v) is 7.08. The molecule has 0 spiro atoms. The number of amides is 2. The Bertz CT molecular complexity index is 1270. The summed E-state index contributed by atoms with van der Waals surface area (Å²) in [6.07, 6.45) is 8.57. The Balaban J connectivity index is 1.36. The molecule has 0 bridgehead atoms. The first-order valence-electron chi connectivity index (χ1n) is 12.7. The third kappa shape index (κ3) is 5.35. The first kappa shape index (κ1) is 24.9. The molecule has 2 aliphatic carbocycles. The molecule has 5 rings (SSSR count). The van der Waals surface area contributed by atoms with Gasteiger partial charge in [-0.25, -0.2) is 9.67 Å². The Labute approximate surface area is 214 Å². The average Bonchev–Trinajstić information content (AvgIpc) is 3.82. The summed E-state index contributed by atoms with van der Waals surface area (Å²) in [5, 5.41) is 14.0. The van der Waals surface area contributed by atoms with Gasteiger partial charge in [-0.2, -0.15) is 14.6 Å². The fourth-order valence-corrected chi connectivity index (χ4v) is 5.01. The van der Waals surface area contributed by atoms with Crippen molar-refractivity contribution in [3.63, 3.8) is 0 Å². The van der Waals surface area contributed by atoms with E-state index in [9.17, 15) is 9.59 Å². The van der Waals surface area contributed by atoms with E-state index in [1.807, 2.05) is 13.8 Å². The van der Waals surface area contributed by atoms with E-state index in [1.165, 1.54) is 13.3 Å². The Hall–Kier alpha value is -3.76. The lowest BCUT2D eigenvalue weighted by Gasteiger charge is -2.27. The average molecular weight is 510 g/mol. The largest absolute Gasteiger partial charge is 0.481 e. The maximum absolute atomic E-state index is 15.3. The van der Waals surface area contributed by atoms with Gasteiger partial charge in [-0.15, -0.1) is 0 Å². The second-order valence-corrected chi connectivity index (χ2v) is 10.1. The fourth-order valence-electron chi connectivity index (χ4n) is 5.01. The molecule has 0 saturated heterocycles. The summed E-state index contributed by atoms with van der Waals surface area (Å²) < 4.78 is 23.3. The number of anilines is 1. The monoisotopic (exact) mass is 509 g/mol. The summed E-state index contributed by atoms with van der Waals surface area (Å²) in [7, 11) is 1.50. The highest BCUT2D eigenvalue weighted by Crippen LogP contribution is 2.51. The van der Waals surface area contributed by atoms with Crippen LogP contribution in [0.5, 0.6) is 5.88 Å². The number of carbonyl (C=O) groups is 2. The number of nitrogens with zero attached hydrogens (tertiary/aromatic N) is 5. The summed E-state index contributed by atoms with van der Waals surface area (Å²) in [4.78, 5) is 31.0. The van der Waals surface area contributed by atoms with Gasteiger partial charge in [-0.3, -0.25) is 14.3 Å². The summed E-state index contributed by atoms with van der Waals surface area (Å²) in [6.45, 7) is 3.96. The lowest BCUT2D eigenvalue weighted by Crippen LogP contribution is -2.50. The Morgan fingerprint density at radius 2 is 1.86 bits per heavy atom. The van der Waals surface area contributed by atoms with Crippen molar-refractivity contribution >= 4 is 17.5 Å². The minimum absolute atomic E-state index is 0.0101. The van der Waals surface area contributed by atoms with Crippen molar-refractivity contribution in [1.82, 2.24) is 29.9 Å². The molecule has 0 aromatic carbocycles. The van der Waals surface area contributed by atoms with Gasteiger partial charge in [0, 0.05) is 24.0 Å². The van der Waals surface area contributed by atoms with E-state index in [0.29, 0.717) is 29.0 Å². The van der Waals surface area contributed by atoms with Gasteiger partial charge in [0.05, 0.1) is 19.9 Å². The van der Waals surface area contributed by atoms with E-state index in [1.54, 1.807) is 35.3 Å². The van der Waals surface area contributed by atoms with Crippen LogP contribution in [0.2, 0.25) is 0 Å². The van der Waals surface area contributed by atoms with Crippen LogP contribution < -0.4 is 15.4 Å². The molecular weight excluding hydrogens is 477 g/mol. The number of hydrogen-bond donors (Lipinski definition) is 2. The molecule has 11 heteroatoms. The molecule has 2 N–H and O–H groups in total. The summed E-state index contributed by atoms with van der Waals surface area (Å²) in [6, 6.07) is 4.35. The molecule has 0 radical (unpaired) electrons. The molecule has 196 valence electrons. The minimum atomic E-state index is -0.788. The molecular formula is C26H32FN7O3. The molecule has 2 fully saturated rings. The molecule has 37 heavy (non-hydrogen) atoms. The molecule has 3 aromatic rings. The number of nitrogens with one attached hydrogen (secondary N) is 2. The van der Waals surface area contributed by atoms with Crippen LogP contribution in [-0.2, 0) is 11.3 Å². The lowest BCUT2D eigenvalue weighted by molar-refractivity contribution is -0.119. The standard InChI is InChI=1S/C26H32FN7O3/c1-15(2)34-20(10-12-29-34)24(35)32-22(21(16-6-7-16)17-8-9-17)25(36)31-19-13-30-33(23(19)27)14-18-5-4-11-28-26(18)37-3/h4-5,10-13,15-17,21-22H,6-9,14H2,1-3H3,(H,31,36)(H,32,35)/t22-/m0/s1. The zero-order chi connectivity index (χ0) is 26.1. The van der Waals surface area contributed by atoms with E-state index in [4.69, 9.17) is 4.74 Å². The first-order chi connectivity index (χ1) is 17.9. The van der Waals surface area contributed by atoms with Crippen LogP contribution in [0.15, 0.2) is 36.8 Å². The van der Waals surface area contributed by atoms with Crippen molar-refractivity contribution in [3.8, 4) is 5.88 Å². The number of pyridine rings is 1. The second-order valence-electron chi connectivity index (χ2n) is 10.1. The summed E-state index contributed by atoms with van der Waals surface area (Å²) in [5.41, 5.74) is 1.01. The van der Waals surface area contributed by atoms with Crippen molar-refractivity contribution in [2.45, 2.75) is 58.2 Å². The summed E-state index contributed by atoms with van der Waals surface area (Å²) >= 11 is 0. The van der Waals surface area contributed by atoms with Gasteiger partial charge in [0.15, 0.2) is 0 Å². The smallest absolute Gasteiger partial charge is 0.270 e. The molecule has 3 heterocycles. The molecule has 1 atom stereocenters. The highest BCUT2D eigenvalue weighted by molar-refractivity contribution is 6.00. The number of methoxy groups -OCH3 is 1. The van der Waals surface area contributed by atoms with Crippen LogP contribution in [0.4, 0.5) is 10.1 Å². The lowest BCUT2D eigenvalue weighted by atomic mass is 9.88. The van der Waals surface area contributed by atoms with Crippen LogP contribution in [0.3, 0.4) is 0 Å². The number of carbonyl (C=O) groups excluding carboxylic acids is 2. The van der Waals surface area contributed by atoms with Gasteiger partial charge in [-0.1, -0.05) is 6.07 Å². The van der Waals surface area contributed by atoms with E-state index in [0.717, 1.165) is 30.4 Å². The van der Waals surface area contributed by atoms with Crippen LogP contribution >= 0.6 is 0 Å². The quantitative estimate of drug-likeness (QED) is 0.409. The SMILES string of the molecule is COc1ncccc1Cn1ncc(NC(=O)[C@@H](NC(=O)c2ccnn2C(C)C)C(C2CC2)C2CC2)c1F. The van der Waals surface area contributed by atoms with Gasteiger partial charge >= 0.3 is 0 Å². The maximum atomic E-state index is 15.3. The molecule has 2 aliphatic rings. The van der Waals surface area contributed by atoms with Crippen molar-refractivity contribution < 1.29 is 18.7 Å². The topological polar surface area (TPSA) is 116 Å². The van der Waals surface area contributed by atoms with Gasteiger partial charge in [0.2, 0.25) is 17.7 Å². The molecule has 3 aromatic heterocycles. The zero-order valence-corrected chi connectivity index (χ0v) is 21.2. The van der Waals surface area contributed by atoms with Crippen molar-refractivity contribution in [3.05, 3.63) is 54.0 Å². The van der Waals surface area contributed by atoms with Gasteiger partial charge in [0.25, 0.3) is 5.91 Å². The Morgan fingerprint density at radius 1 is 1.14 bits per heavy atom. The van der Waals surface area contributed by atoms with E-state index >= 15 is 4.39 Å². The number of halogens is 1. The van der Waals surface area contributed by atoms with Gasteiger partial charge in [0.1, 0.15) is 17.4 Å². The van der Waals surface area contributed by atoms with Crippen LogP contribution in [-0.4, -0.2) is 49.5 Å². The zero-order valence-electron chi connectivity index (χ0n) is 21.2. The highest BCUT2D eigenvalue weighted by atomic mass is 19.1. The predicted octanol–water partition coefficient (Wildman–Crippen LogP) is 3.42. The molecule has 10 nitrogen and oxygen atoms in total. The fraction of sp³-hybridized carbons (Fsp3) is 0.500. The second kappa shape index (κ2) is 10.3. The normalized spacial score (nSPS) is 16.2. The number of rotatable bonds is 11. The number of ether oxygens (including phenoxy) is 1. The van der Waals surface area contributed by atoms with Crippen molar-refractivity contribution in [2.75, 3.05) is 12.4 Å². The molecule has 2 amide bonds. The number of aromatic nitrogens is 5. The predicted molar refractivity (Wildman–Crippen MR) is 134 cm³/mol. The van der Waals surface area contributed by atoms with Crippen LogP contribution in [0, 0.1) is 23.7 Å². The van der Waals surface area contributed by atoms with Gasteiger partial charge < -0.3 is 15.4 Å². The van der Waals surface area contributed by atoms with E-state index < -0.39 is 17.9 Å². The van der Waals surface area contributed by atoms with Gasteiger partial charge in [-0.05, 0) is 69.4 Å². The number of hydrogen-bond acceptors (Lipinski definition) is 6. The van der Waals surface area contributed by atoms with E-state index in [2.05, 4.69) is 25.8 Å². The molecule has 2 saturated carbocycles. The Morgan fingerprint density at radius 3 is 2.51 bits per heavy atom. The highest BCUT2D eigenvalue weighted by Gasteiger charge is 2.48. The maximum Gasteiger partial charge on any atom is 0.270 e. The summed E-state index contributed by atoms with van der Waals surface area (Å²) in [5.74, 6) is -0.340. The van der Waals surface area contributed by atoms with Crippen LogP contribution in [0.25, 0.3) is 0 Å². The molecule has 0 aliphatic heterocycles. The third-order valence-electron chi connectivity index (χ3n) is 7.08. The molecule has 0 unspecified atom stereocenters. The first-order valence-corrected chi connectivity index (χ1v) is 12.7. The van der Waals surface area contributed by atoms with Crippen LogP contribution in [0.1, 0.15) is 61.6 Å². The Kier molecular flexibility index (Phi) is 6.94. The minimum Gasteiger partial charge on any atom is -0.481 e. The van der Waals surface area contributed by atoms with E-state index in [-0.39, 0.29) is 30.1 Å².